The van der Waals surface area contributed by atoms with Gasteiger partial charge < -0.3 is 20.3 Å². The van der Waals surface area contributed by atoms with Gasteiger partial charge in [-0.1, -0.05) is 18.9 Å². The first-order valence-corrected chi connectivity index (χ1v) is 11.3. The Hall–Kier alpha value is -3.26. The average molecular weight is 456 g/mol. The van der Waals surface area contributed by atoms with Crippen LogP contribution in [0.25, 0.3) is 0 Å². The highest BCUT2D eigenvalue weighted by molar-refractivity contribution is 5.96. The second-order valence-electron chi connectivity index (χ2n) is 7.96. The number of nitrogens with one attached hydrogen (secondary N) is 2. The van der Waals surface area contributed by atoms with Crippen LogP contribution in [0.2, 0.25) is 0 Å². The van der Waals surface area contributed by atoms with Crippen LogP contribution < -0.4 is 10.6 Å². The van der Waals surface area contributed by atoms with Crippen molar-refractivity contribution < 1.29 is 23.5 Å². The van der Waals surface area contributed by atoms with E-state index in [0.717, 1.165) is 25.7 Å². The fourth-order valence-corrected chi connectivity index (χ4v) is 3.57. The lowest BCUT2D eigenvalue weighted by Gasteiger charge is -2.26. The van der Waals surface area contributed by atoms with Crippen LogP contribution in [0.3, 0.4) is 0 Å². The molecule has 0 unspecified atom stereocenters. The zero-order chi connectivity index (χ0) is 23.5. The van der Waals surface area contributed by atoms with E-state index in [9.17, 15) is 18.8 Å². The molecule has 1 saturated heterocycles. The third-order valence-electron chi connectivity index (χ3n) is 5.42. The number of carbonyl (C=O) groups is 3. The zero-order valence-corrected chi connectivity index (χ0v) is 18.6. The first-order valence-electron chi connectivity index (χ1n) is 11.3. The van der Waals surface area contributed by atoms with Crippen LogP contribution in [0.5, 0.6) is 0 Å². The average Bonchev–Trinajstić information content (AvgIpc) is 2.84. The Bertz CT molecular complexity index is 943. The summed E-state index contributed by atoms with van der Waals surface area (Å²) in [5.74, 6) is -0.810. The Labute approximate surface area is 193 Å². The lowest BCUT2D eigenvalue weighted by Crippen LogP contribution is -2.40. The van der Waals surface area contributed by atoms with Gasteiger partial charge in [-0.15, -0.1) is 0 Å². The predicted octanol–water partition coefficient (Wildman–Crippen LogP) is 3.62. The van der Waals surface area contributed by atoms with Crippen LogP contribution in [-0.2, 0) is 9.53 Å². The quantitative estimate of drug-likeness (QED) is 0.536. The molecule has 0 aromatic heterocycles. The number of carbonyl (C=O) groups excluding carboxylic acids is 3. The summed E-state index contributed by atoms with van der Waals surface area (Å²) in [6.45, 7) is 2.82. The zero-order valence-electron chi connectivity index (χ0n) is 18.6. The van der Waals surface area contributed by atoms with Crippen LogP contribution in [0, 0.1) is 5.82 Å². The van der Waals surface area contributed by atoms with Gasteiger partial charge in [0.25, 0.3) is 11.8 Å². The predicted molar refractivity (Wildman–Crippen MR) is 124 cm³/mol. The molecule has 1 fully saturated rings. The Morgan fingerprint density at radius 1 is 0.909 bits per heavy atom. The highest BCUT2D eigenvalue weighted by Crippen LogP contribution is 2.14. The molecule has 7 nitrogen and oxygen atoms in total. The summed E-state index contributed by atoms with van der Waals surface area (Å²) < 4.78 is 18.4. The van der Waals surface area contributed by atoms with Gasteiger partial charge in [-0.2, -0.15) is 0 Å². The first kappa shape index (κ1) is 24.4. The number of halogens is 1. The van der Waals surface area contributed by atoms with Gasteiger partial charge in [-0.05, 0) is 55.3 Å². The minimum Gasteiger partial charge on any atom is -0.378 e. The van der Waals surface area contributed by atoms with Crippen LogP contribution in [0.15, 0.2) is 48.5 Å². The summed E-state index contributed by atoms with van der Waals surface area (Å²) in [5, 5.41) is 5.63. The van der Waals surface area contributed by atoms with Crippen molar-refractivity contribution in [2.24, 2.45) is 0 Å². The first-order chi connectivity index (χ1) is 16.0. The summed E-state index contributed by atoms with van der Waals surface area (Å²) >= 11 is 0. The molecule has 176 valence electrons. The second kappa shape index (κ2) is 12.7. The number of anilines is 1. The van der Waals surface area contributed by atoms with Crippen molar-refractivity contribution in [2.45, 2.75) is 32.1 Å². The topological polar surface area (TPSA) is 87.7 Å². The molecule has 3 rings (SSSR count). The Kier molecular flexibility index (Phi) is 9.38. The van der Waals surface area contributed by atoms with E-state index >= 15 is 0 Å². The number of unbranched alkanes of at least 4 members (excludes halogenated alkanes) is 3. The van der Waals surface area contributed by atoms with E-state index in [0.29, 0.717) is 56.1 Å². The molecule has 1 aliphatic heterocycles. The van der Waals surface area contributed by atoms with Crippen LogP contribution in [0.4, 0.5) is 10.1 Å². The molecule has 0 radical (unpaired) electrons. The smallest absolute Gasteiger partial charge is 0.254 e. The van der Waals surface area contributed by atoms with Gasteiger partial charge in [-0.3, -0.25) is 14.4 Å². The molecule has 33 heavy (non-hydrogen) atoms. The van der Waals surface area contributed by atoms with Crippen LogP contribution in [-0.4, -0.2) is 55.5 Å². The van der Waals surface area contributed by atoms with E-state index in [1.807, 2.05) is 0 Å². The van der Waals surface area contributed by atoms with Gasteiger partial charge in [-0.25, -0.2) is 4.39 Å². The normalized spacial score (nSPS) is 13.4. The van der Waals surface area contributed by atoms with Crippen LogP contribution in [0.1, 0.15) is 52.8 Å². The number of hydrogen-bond acceptors (Lipinski definition) is 4. The second-order valence-corrected chi connectivity index (χ2v) is 7.96. The maximum absolute atomic E-state index is 13.1. The standard InChI is InChI=1S/C25H30FN3O4/c26-21-7-5-6-20(18-21)24(31)27-13-4-2-1-3-8-23(30)28-22-11-9-19(10-12-22)25(32)29-14-16-33-17-15-29/h5-7,9-12,18H,1-4,8,13-17H2,(H,27,31)(H,28,30). The summed E-state index contributed by atoms with van der Waals surface area (Å²) in [7, 11) is 0. The van der Waals surface area contributed by atoms with Gasteiger partial charge in [0, 0.05) is 42.9 Å². The Balaban J connectivity index is 1.27. The fraction of sp³-hybridized carbons (Fsp3) is 0.400. The van der Waals surface area contributed by atoms with E-state index in [1.54, 1.807) is 35.2 Å². The van der Waals surface area contributed by atoms with Crippen molar-refractivity contribution in [1.82, 2.24) is 10.2 Å². The molecule has 2 N–H and O–H groups in total. The minimum atomic E-state index is -0.432. The van der Waals surface area contributed by atoms with Crippen molar-refractivity contribution in [3.63, 3.8) is 0 Å². The fourth-order valence-electron chi connectivity index (χ4n) is 3.57. The summed E-state index contributed by atoms with van der Waals surface area (Å²) in [6.07, 6.45) is 3.70. The number of rotatable bonds is 10. The molecule has 1 heterocycles. The maximum atomic E-state index is 13.1. The largest absolute Gasteiger partial charge is 0.378 e. The van der Waals surface area contributed by atoms with Crippen molar-refractivity contribution in [1.29, 1.82) is 0 Å². The van der Waals surface area contributed by atoms with Gasteiger partial charge in [0.05, 0.1) is 13.2 Å². The molecule has 3 amide bonds. The van der Waals surface area contributed by atoms with E-state index in [4.69, 9.17) is 4.74 Å². The number of ether oxygens (including phenoxy) is 1. The summed E-state index contributed by atoms with van der Waals surface area (Å²) in [5.41, 5.74) is 1.57. The molecule has 2 aromatic rings. The van der Waals surface area contributed by atoms with E-state index in [2.05, 4.69) is 10.6 Å². The summed E-state index contributed by atoms with van der Waals surface area (Å²) in [4.78, 5) is 38.3. The molecule has 0 bridgehead atoms. The van der Waals surface area contributed by atoms with Crippen LogP contribution >= 0.6 is 0 Å². The van der Waals surface area contributed by atoms with Crippen molar-refractivity contribution >= 4 is 23.4 Å². The van der Waals surface area contributed by atoms with E-state index in [1.165, 1.54) is 18.2 Å². The van der Waals surface area contributed by atoms with Gasteiger partial charge >= 0.3 is 0 Å². The Morgan fingerprint density at radius 3 is 2.36 bits per heavy atom. The maximum Gasteiger partial charge on any atom is 0.254 e. The molecule has 0 atom stereocenters. The van der Waals surface area contributed by atoms with E-state index < -0.39 is 5.82 Å². The van der Waals surface area contributed by atoms with Gasteiger partial charge in [0.2, 0.25) is 5.91 Å². The number of hydrogen-bond donors (Lipinski definition) is 2. The minimum absolute atomic E-state index is 0.0247. The number of morpholine rings is 1. The molecule has 1 aliphatic rings. The number of amides is 3. The molecule has 2 aromatic carbocycles. The number of benzene rings is 2. The number of nitrogens with zero attached hydrogens (tertiary/aromatic N) is 1. The Morgan fingerprint density at radius 2 is 1.64 bits per heavy atom. The van der Waals surface area contributed by atoms with E-state index in [-0.39, 0.29) is 17.7 Å². The molecule has 0 spiro atoms. The molecular formula is C25H30FN3O4. The lowest BCUT2D eigenvalue weighted by atomic mass is 10.1. The molecule has 8 heteroatoms. The third-order valence-corrected chi connectivity index (χ3v) is 5.42. The summed E-state index contributed by atoms with van der Waals surface area (Å²) in [6, 6.07) is 12.5. The monoisotopic (exact) mass is 455 g/mol. The van der Waals surface area contributed by atoms with Crippen molar-refractivity contribution in [3.8, 4) is 0 Å². The van der Waals surface area contributed by atoms with Gasteiger partial charge in [0.15, 0.2) is 0 Å². The molecule has 0 saturated carbocycles. The third kappa shape index (κ3) is 7.98. The van der Waals surface area contributed by atoms with Gasteiger partial charge in [0.1, 0.15) is 5.82 Å². The molecule has 0 aliphatic carbocycles. The highest BCUT2D eigenvalue weighted by atomic mass is 19.1. The SMILES string of the molecule is O=C(CCCCCCNC(=O)c1cccc(F)c1)Nc1ccc(C(=O)N2CCOCC2)cc1. The molecular weight excluding hydrogens is 425 g/mol. The highest BCUT2D eigenvalue weighted by Gasteiger charge is 2.18. The lowest BCUT2D eigenvalue weighted by molar-refractivity contribution is -0.116. The van der Waals surface area contributed by atoms with Crippen molar-refractivity contribution in [3.05, 3.63) is 65.5 Å². The van der Waals surface area contributed by atoms with Crippen molar-refractivity contribution in [2.75, 3.05) is 38.2 Å².